The molecular weight excluding hydrogens is 467 g/mol. The van der Waals surface area contributed by atoms with Crippen molar-refractivity contribution in [1.29, 1.82) is 0 Å². The van der Waals surface area contributed by atoms with E-state index >= 15 is 0 Å². The number of nitrogens with zero attached hydrogens (tertiary/aromatic N) is 2. The number of ether oxygens (including phenoxy) is 2. The van der Waals surface area contributed by atoms with Gasteiger partial charge in [-0.2, -0.15) is 0 Å². The third-order valence-corrected chi connectivity index (χ3v) is 8.00. The lowest BCUT2D eigenvalue weighted by Gasteiger charge is -2.35. The molecule has 0 N–H and O–H groups in total. The van der Waals surface area contributed by atoms with Crippen molar-refractivity contribution in [2.75, 3.05) is 11.5 Å². The fraction of sp³-hybridized carbons (Fsp3) is 0.333. The summed E-state index contributed by atoms with van der Waals surface area (Å²) in [5.41, 5.74) is -1.64. The van der Waals surface area contributed by atoms with Crippen molar-refractivity contribution in [3.05, 3.63) is 76.6 Å². The molecule has 0 aromatic heterocycles. The molecule has 3 aromatic carbocycles. The first-order chi connectivity index (χ1) is 17.3. The molecule has 0 saturated carbocycles. The molecule has 3 fully saturated rings. The third kappa shape index (κ3) is 3.02. The van der Waals surface area contributed by atoms with E-state index in [0.717, 1.165) is 0 Å². The van der Waals surface area contributed by atoms with Gasteiger partial charge < -0.3 is 9.47 Å². The molecule has 2 bridgehead atoms. The van der Waals surface area contributed by atoms with Crippen LogP contribution in [0.4, 0.5) is 15.8 Å². The van der Waals surface area contributed by atoms with E-state index in [4.69, 9.17) is 9.47 Å². The first kappa shape index (κ1) is 22.6. The molecule has 8 nitrogen and oxygen atoms in total. The van der Waals surface area contributed by atoms with Crippen LogP contribution in [0.1, 0.15) is 26.2 Å². The Morgan fingerprint density at radius 2 is 1.83 bits per heavy atom. The monoisotopic (exact) mass is 490 g/mol. The lowest BCUT2D eigenvalue weighted by atomic mass is 9.62. The van der Waals surface area contributed by atoms with Crippen molar-refractivity contribution in [1.82, 2.24) is 0 Å². The molecule has 0 aliphatic carbocycles. The Hall–Kier alpha value is -3.85. The summed E-state index contributed by atoms with van der Waals surface area (Å²) in [5.74, 6) is -1.33. The van der Waals surface area contributed by atoms with Crippen LogP contribution in [-0.4, -0.2) is 35.0 Å². The van der Waals surface area contributed by atoms with Gasteiger partial charge in [0.2, 0.25) is 11.8 Å². The molecule has 4 atom stereocenters. The highest BCUT2D eigenvalue weighted by Crippen LogP contribution is 2.64. The summed E-state index contributed by atoms with van der Waals surface area (Å²) in [6.45, 7) is 2.02. The predicted molar refractivity (Wildman–Crippen MR) is 128 cm³/mol. The number of halogens is 1. The average Bonchev–Trinajstić information content (AvgIpc) is 3.45. The molecule has 3 aliphatic heterocycles. The summed E-state index contributed by atoms with van der Waals surface area (Å²) in [5, 5.41) is 12.4. The van der Waals surface area contributed by atoms with E-state index in [2.05, 4.69) is 0 Å². The minimum Gasteiger partial charge on any atom is -0.494 e. The summed E-state index contributed by atoms with van der Waals surface area (Å²) >= 11 is 0. The third-order valence-electron chi connectivity index (χ3n) is 8.00. The summed E-state index contributed by atoms with van der Waals surface area (Å²) < 4.78 is 25.3. The number of hydrogen-bond acceptors (Lipinski definition) is 6. The maximum Gasteiger partial charge on any atom is 0.277 e. The number of benzene rings is 3. The molecule has 184 valence electrons. The van der Waals surface area contributed by atoms with Crippen molar-refractivity contribution in [3.63, 3.8) is 0 Å². The second kappa shape index (κ2) is 7.83. The van der Waals surface area contributed by atoms with Crippen LogP contribution in [0.2, 0.25) is 0 Å². The summed E-state index contributed by atoms with van der Waals surface area (Å²) in [4.78, 5) is 40.4. The first-order valence-electron chi connectivity index (χ1n) is 11.9. The van der Waals surface area contributed by atoms with Crippen LogP contribution < -0.4 is 9.64 Å². The van der Waals surface area contributed by atoms with Gasteiger partial charge in [0.1, 0.15) is 11.6 Å². The lowest BCUT2D eigenvalue weighted by molar-refractivity contribution is -0.383. The van der Waals surface area contributed by atoms with E-state index < -0.39 is 28.0 Å². The van der Waals surface area contributed by atoms with Gasteiger partial charge in [-0.05, 0) is 62.6 Å². The number of carbonyl (C=O) groups is 2. The van der Waals surface area contributed by atoms with Gasteiger partial charge in [-0.3, -0.25) is 19.7 Å². The number of anilines is 1. The van der Waals surface area contributed by atoms with Crippen LogP contribution in [0.3, 0.4) is 0 Å². The SMILES string of the molecule is CC12CCC(O1)C1(CCOc3ccc(F)cc3)C(=O)N(c3ccc([N+](=O)[O-])c4ccccc34)C(=O)C21. The van der Waals surface area contributed by atoms with E-state index in [1.54, 1.807) is 24.3 Å². The van der Waals surface area contributed by atoms with Crippen LogP contribution in [0, 0.1) is 27.3 Å². The molecule has 6 rings (SSSR count). The highest BCUT2D eigenvalue weighted by atomic mass is 19.1. The van der Waals surface area contributed by atoms with E-state index in [0.29, 0.717) is 35.1 Å². The van der Waals surface area contributed by atoms with Gasteiger partial charge in [0, 0.05) is 11.5 Å². The number of rotatable bonds is 6. The summed E-state index contributed by atoms with van der Waals surface area (Å²) in [6, 6.07) is 15.1. The molecule has 3 saturated heterocycles. The first-order valence-corrected chi connectivity index (χ1v) is 11.9. The second-order valence-corrected chi connectivity index (χ2v) is 9.87. The van der Waals surface area contributed by atoms with Crippen molar-refractivity contribution in [2.45, 2.75) is 37.9 Å². The zero-order valence-corrected chi connectivity index (χ0v) is 19.5. The predicted octanol–water partition coefficient (Wildman–Crippen LogP) is 4.78. The van der Waals surface area contributed by atoms with Gasteiger partial charge in [-0.1, -0.05) is 18.2 Å². The zero-order valence-electron chi connectivity index (χ0n) is 19.5. The van der Waals surface area contributed by atoms with Crippen LogP contribution in [0.5, 0.6) is 5.75 Å². The van der Waals surface area contributed by atoms with Gasteiger partial charge in [-0.15, -0.1) is 0 Å². The van der Waals surface area contributed by atoms with Gasteiger partial charge in [0.15, 0.2) is 0 Å². The molecule has 0 radical (unpaired) electrons. The normalized spacial score (nSPS) is 28.7. The number of non-ortho nitro benzene ring substituents is 1. The molecule has 36 heavy (non-hydrogen) atoms. The number of carbonyl (C=O) groups excluding carboxylic acids is 2. The Bertz CT molecular complexity index is 1430. The average molecular weight is 490 g/mol. The second-order valence-electron chi connectivity index (χ2n) is 9.87. The molecule has 3 heterocycles. The maximum atomic E-state index is 14.2. The Morgan fingerprint density at radius 1 is 1.11 bits per heavy atom. The van der Waals surface area contributed by atoms with Gasteiger partial charge in [-0.25, -0.2) is 9.29 Å². The number of amides is 2. The smallest absolute Gasteiger partial charge is 0.277 e. The number of nitro benzene ring substituents is 1. The fourth-order valence-corrected chi connectivity index (χ4v) is 6.48. The van der Waals surface area contributed by atoms with Gasteiger partial charge in [0.25, 0.3) is 5.69 Å². The molecular formula is C27H23FN2O6. The van der Waals surface area contributed by atoms with E-state index in [1.807, 2.05) is 6.92 Å². The van der Waals surface area contributed by atoms with Gasteiger partial charge in [0.05, 0.1) is 45.6 Å². The Morgan fingerprint density at radius 3 is 2.56 bits per heavy atom. The zero-order chi connectivity index (χ0) is 25.2. The molecule has 2 amide bonds. The standard InChI is InChI=1S/C27H23FN2O6/c1-26-13-12-22(36-26)27(14-15-35-17-8-6-16(28)7-9-17)23(26)24(31)29(25(27)32)20-10-11-21(30(33)34)19-5-3-2-4-18(19)20/h2-11,22-23H,12-15H2,1H3. The maximum absolute atomic E-state index is 14.2. The minimum absolute atomic E-state index is 0.0913. The van der Waals surface area contributed by atoms with Crippen LogP contribution in [0.15, 0.2) is 60.7 Å². The summed E-state index contributed by atoms with van der Waals surface area (Å²) in [6.07, 6.45) is 1.13. The highest BCUT2D eigenvalue weighted by molar-refractivity contribution is 6.27. The largest absolute Gasteiger partial charge is 0.494 e. The number of hydrogen-bond donors (Lipinski definition) is 0. The van der Waals surface area contributed by atoms with Crippen molar-refractivity contribution in [3.8, 4) is 5.75 Å². The topological polar surface area (TPSA) is 99.0 Å². The van der Waals surface area contributed by atoms with E-state index in [-0.39, 0.29) is 36.3 Å². The highest BCUT2D eigenvalue weighted by Gasteiger charge is 2.76. The van der Waals surface area contributed by atoms with Crippen LogP contribution in [0.25, 0.3) is 10.8 Å². The molecule has 9 heteroatoms. The molecule has 0 spiro atoms. The Balaban J connectivity index is 1.40. The van der Waals surface area contributed by atoms with E-state index in [9.17, 15) is 24.1 Å². The Labute approximate surface area is 205 Å². The Kier molecular flexibility index (Phi) is 4.91. The van der Waals surface area contributed by atoms with Crippen LogP contribution in [-0.2, 0) is 14.3 Å². The van der Waals surface area contributed by atoms with Gasteiger partial charge >= 0.3 is 0 Å². The number of nitro groups is 1. The summed E-state index contributed by atoms with van der Waals surface area (Å²) in [7, 11) is 0. The van der Waals surface area contributed by atoms with E-state index in [1.165, 1.54) is 41.3 Å². The van der Waals surface area contributed by atoms with Crippen molar-refractivity contribution < 1.29 is 28.4 Å². The fourth-order valence-electron chi connectivity index (χ4n) is 6.48. The van der Waals surface area contributed by atoms with Crippen LogP contribution >= 0.6 is 0 Å². The molecule has 3 aromatic rings. The molecule has 3 aliphatic rings. The number of fused-ring (bicyclic) bond motifs is 6. The lowest BCUT2D eigenvalue weighted by Crippen LogP contribution is -2.47. The number of imide groups is 1. The quantitative estimate of drug-likeness (QED) is 0.280. The molecule has 4 unspecified atom stereocenters. The van der Waals surface area contributed by atoms with Crippen molar-refractivity contribution in [2.24, 2.45) is 11.3 Å². The minimum atomic E-state index is -1.10. The van der Waals surface area contributed by atoms with Crippen molar-refractivity contribution >= 4 is 34.0 Å².